The molecule has 2 nitrogen and oxygen atoms in total. The first kappa shape index (κ1) is 10.1. The molecule has 0 radical (unpaired) electrons. The van der Waals surface area contributed by atoms with Gasteiger partial charge in [0, 0.05) is 6.04 Å². The van der Waals surface area contributed by atoms with Crippen molar-refractivity contribution in [1.82, 2.24) is 0 Å². The molecule has 1 aromatic rings. The molecule has 0 amide bonds. The first-order chi connectivity index (χ1) is 6.19. The summed E-state index contributed by atoms with van der Waals surface area (Å²) in [6.07, 6.45) is 1.86. The van der Waals surface area contributed by atoms with Gasteiger partial charge in [-0.1, -0.05) is 19.9 Å². The molecule has 0 saturated carbocycles. The maximum Gasteiger partial charge on any atom is 0.115 e. The average molecular weight is 179 g/mol. The van der Waals surface area contributed by atoms with Crippen LogP contribution in [0.1, 0.15) is 37.4 Å². The first-order valence-electron chi connectivity index (χ1n) is 4.76. The number of benzene rings is 1. The van der Waals surface area contributed by atoms with Crippen LogP contribution in [0.2, 0.25) is 0 Å². The van der Waals surface area contributed by atoms with Crippen LogP contribution in [0.5, 0.6) is 5.75 Å². The van der Waals surface area contributed by atoms with Crippen LogP contribution < -0.4 is 5.73 Å². The highest BCUT2D eigenvalue weighted by Crippen LogP contribution is 2.23. The SMILES string of the molecule is CCc1ccc(O)cc1C(N)CC. The molecule has 0 aromatic heterocycles. The highest BCUT2D eigenvalue weighted by Gasteiger charge is 2.08. The summed E-state index contributed by atoms with van der Waals surface area (Å²) >= 11 is 0. The van der Waals surface area contributed by atoms with Gasteiger partial charge >= 0.3 is 0 Å². The van der Waals surface area contributed by atoms with Gasteiger partial charge in [0.25, 0.3) is 0 Å². The molecule has 0 saturated heterocycles. The fourth-order valence-electron chi connectivity index (χ4n) is 1.47. The Kier molecular flexibility index (Phi) is 3.32. The molecule has 0 aliphatic carbocycles. The fraction of sp³-hybridized carbons (Fsp3) is 0.455. The topological polar surface area (TPSA) is 46.2 Å². The molecule has 1 unspecified atom stereocenters. The van der Waals surface area contributed by atoms with Crippen LogP contribution in [0.15, 0.2) is 18.2 Å². The number of aryl methyl sites for hydroxylation is 1. The lowest BCUT2D eigenvalue weighted by Gasteiger charge is -2.14. The summed E-state index contributed by atoms with van der Waals surface area (Å²) in [7, 11) is 0. The van der Waals surface area contributed by atoms with Gasteiger partial charge in [-0.3, -0.25) is 0 Å². The van der Waals surface area contributed by atoms with Crippen molar-refractivity contribution in [1.29, 1.82) is 0 Å². The van der Waals surface area contributed by atoms with Gasteiger partial charge in [-0.15, -0.1) is 0 Å². The second-order valence-electron chi connectivity index (χ2n) is 3.25. The van der Waals surface area contributed by atoms with Gasteiger partial charge in [-0.25, -0.2) is 0 Å². The van der Waals surface area contributed by atoms with Crippen molar-refractivity contribution in [3.8, 4) is 5.75 Å². The Bertz CT molecular complexity index is 283. The van der Waals surface area contributed by atoms with E-state index in [1.54, 1.807) is 12.1 Å². The molecular formula is C11H17NO. The molecule has 1 aromatic carbocycles. The van der Waals surface area contributed by atoms with Crippen molar-refractivity contribution in [3.05, 3.63) is 29.3 Å². The lowest BCUT2D eigenvalue weighted by molar-refractivity contribution is 0.473. The Balaban J connectivity index is 3.07. The van der Waals surface area contributed by atoms with E-state index in [2.05, 4.69) is 6.92 Å². The monoisotopic (exact) mass is 179 g/mol. The lowest BCUT2D eigenvalue weighted by atomic mass is 9.97. The quantitative estimate of drug-likeness (QED) is 0.748. The Morgan fingerprint density at radius 2 is 2.08 bits per heavy atom. The van der Waals surface area contributed by atoms with Gasteiger partial charge in [0.2, 0.25) is 0 Å². The van der Waals surface area contributed by atoms with Crippen LogP contribution in [0.3, 0.4) is 0 Å². The van der Waals surface area contributed by atoms with E-state index in [1.165, 1.54) is 5.56 Å². The normalized spacial score (nSPS) is 12.8. The lowest BCUT2D eigenvalue weighted by Crippen LogP contribution is -2.10. The zero-order valence-electron chi connectivity index (χ0n) is 8.25. The van der Waals surface area contributed by atoms with E-state index < -0.39 is 0 Å². The molecule has 0 fully saturated rings. The van der Waals surface area contributed by atoms with Crippen LogP contribution in [0.4, 0.5) is 0 Å². The summed E-state index contributed by atoms with van der Waals surface area (Å²) in [5, 5.41) is 9.32. The third kappa shape index (κ3) is 2.22. The first-order valence-corrected chi connectivity index (χ1v) is 4.76. The standard InChI is InChI=1S/C11H17NO/c1-3-8-5-6-9(13)7-10(8)11(12)4-2/h5-7,11,13H,3-4,12H2,1-2H3. The Morgan fingerprint density at radius 1 is 1.38 bits per heavy atom. The van der Waals surface area contributed by atoms with Crippen LogP contribution in [-0.4, -0.2) is 5.11 Å². The molecule has 0 spiro atoms. The van der Waals surface area contributed by atoms with Crippen molar-refractivity contribution in [2.24, 2.45) is 5.73 Å². The van der Waals surface area contributed by atoms with E-state index in [9.17, 15) is 5.11 Å². The number of phenols is 1. The number of aromatic hydroxyl groups is 1. The molecule has 0 bridgehead atoms. The molecule has 1 rings (SSSR count). The molecule has 3 N–H and O–H groups in total. The molecule has 0 aliphatic heterocycles. The minimum absolute atomic E-state index is 0.0436. The summed E-state index contributed by atoms with van der Waals surface area (Å²) in [6.45, 7) is 4.15. The number of nitrogens with two attached hydrogens (primary N) is 1. The summed E-state index contributed by atoms with van der Waals surface area (Å²) in [4.78, 5) is 0. The third-order valence-corrected chi connectivity index (χ3v) is 2.35. The van der Waals surface area contributed by atoms with Gasteiger partial charge in [-0.05, 0) is 36.1 Å². The van der Waals surface area contributed by atoms with E-state index in [0.717, 1.165) is 18.4 Å². The van der Waals surface area contributed by atoms with E-state index in [4.69, 9.17) is 5.73 Å². The van der Waals surface area contributed by atoms with Crippen molar-refractivity contribution in [2.75, 3.05) is 0 Å². The van der Waals surface area contributed by atoms with Crippen LogP contribution in [0.25, 0.3) is 0 Å². The zero-order chi connectivity index (χ0) is 9.84. The minimum Gasteiger partial charge on any atom is -0.508 e. The highest BCUT2D eigenvalue weighted by molar-refractivity contribution is 5.36. The second-order valence-corrected chi connectivity index (χ2v) is 3.25. The van der Waals surface area contributed by atoms with Crippen molar-refractivity contribution >= 4 is 0 Å². The molecule has 72 valence electrons. The zero-order valence-corrected chi connectivity index (χ0v) is 8.25. The molecule has 0 aliphatic rings. The largest absolute Gasteiger partial charge is 0.508 e. The average Bonchev–Trinajstić information content (AvgIpc) is 2.16. The molecule has 13 heavy (non-hydrogen) atoms. The number of hydrogen-bond acceptors (Lipinski definition) is 2. The van der Waals surface area contributed by atoms with Crippen LogP contribution in [0, 0.1) is 0 Å². The van der Waals surface area contributed by atoms with Crippen molar-refractivity contribution < 1.29 is 5.11 Å². The van der Waals surface area contributed by atoms with Gasteiger partial charge in [-0.2, -0.15) is 0 Å². The van der Waals surface area contributed by atoms with E-state index in [1.807, 2.05) is 13.0 Å². The highest BCUT2D eigenvalue weighted by atomic mass is 16.3. The molecular weight excluding hydrogens is 162 g/mol. The Hall–Kier alpha value is -1.02. The van der Waals surface area contributed by atoms with Gasteiger partial charge < -0.3 is 10.8 Å². The van der Waals surface area contributed by atoms with E-state index in [-0.39, 0.29) is 6.04 Å². The number of phenolic OH excluding ortho intramolecular Hbond substituents is 1. The van der Waals surface area contributed by atoms with Gasteiger partial charge in [0.15, 0.2) is 0 Å². The molecule has 0 heterocycles. The molecule has 1 atom stereocenters. The maximum absolute atomic E-state index is 9.32. The van der Waals surface area contributed by atoms with Crippen LogP contribution in [-0.2, 0) is 6.42 Å². The smallest absolute Gasteiger partial charge is 0.115 e. The molecule has 2 heteroatoms. The summed E-state index contributed by atoms with van der Waals surface area (Å²) in [5.74, 6) is 0.302. The van der Waals surface area contributed by atoms with E-state index in [0.29, 0.717) is 5.75 Å². The number of rotatable bonds is 3. The number of hydrogen-bond donors (Lipinski definition) is 2. The third-order valence-electron chi connectivity index (χ3n) is 2.35. The Labute approximate surface area is 79.4 Å². The van der Waals surface area contributed by atoms with Crippen LogP contribution >= 0.6 is 0 Å². The maximum atomic E-state index is 9.32. The predicted molar refractivity (Wildman–Crippen MR) is 54.7 cm³/mol. The fourth-order valence-corrected chi connectivity index (χ4v) is 1.47. The minimum atomic E-state index is 0.0436. The summed E-state index contributed by atoms with van der Waals surface area (Å²) in [6, 6.07) is 5.47. The Morgan fingerprint density at radius 3 is 2.62 bits per heavy atom. The summed E-state index contributed by atoms with van der Waals surface area (Å²) < 4.78 is 0. The second kappa shape index (κ2) is 4.28. The predicted octanol–water partition coefficient (Wildman–Crippen LogP) is 2.36. The van der Waals surface area contributed by atoms with Gasteiger partial charge in [0.05, 0.1) is 0 Å². The van der Waals surface area contributed by atoms with Gasteiger partial charge in [0.1, 0.15) is 5.75 Å². The summed E-state index contributed by atoms with van der Waals surface area (Å²) in [5.41, 5.74) is 8.23. The van der Waals surface area contributed by atoms with Crippen molar-refractivity contribution in [2.45, 2.75) is 32.7 Å². The van der Waals surface area contributed by atoms with Crippen molar-refractivity contribution in [3.63, 3.8) is 0 Å². The van der Waals surface area contributed by atoms with E-state index >= 15 is 0 Å².